The van der Waals surface area contributed by atoms with E-state index in [2.05, 4.69) is 14.9 Å². The van der Waals surface area contributed by atoms with E-state index in [9.17, 15) is 8.42 Å². The van der Waals surface area contributed by atoms with E-state index in [0.717, 1.165) is 44.7 Å². The fraction of sp³-hybridized carbons (Fsp3) is 0.600. The Bertz CT molecular complexity index is 630. The standard InChI is InChI=1S/C15H21N3O2S/c19-21(20,17-13-5-6-13)15-4-2-1-3-14(15)18-9-11-7-16-8-12(11)10-18/h1-4,11-13,16-17H,5-10H2/t11-,12+. The fourth-order valence-corrected chi connectivity index (χ4v) is 5.01. The topological polar surface area (TPSA) is 61.4 Å². The molecule has 0 unspecified atom stereocenters. The molecule has 0 bridgehead atoms. The monoisotopic (exact) mass is 307 g/mol. The van der Waals surface area contributed by atoms with Crippen molar-refractivity contribution in [1.82, 2.24) is 10.0 Å². The van der Waals surface area contributed by atoms with Crippen molar-refractivity contribution in [1.29, 1.82) is 0 Å². The maximum absolute atomic E-state index is 12.6. The third kappa shape index (κ3) is 2.56. The van der Waals surface area contributed by atoms with Crippen LogP contribution in [0.25, 0.3) is 0 Å². The van der Waals surface area contributed by atoms with Crippen molar-refractivity contribution in [3.05, 3.63) is 24.3 Å². The van der Waals surface area contributed by atoms with E-state index in [-0.39, 0.29) is 6.04 Å². The second-order valence-electron chi connectivity index (χ2n) is 6.45. The van der Waals surface area contributed by atoms with Crippen molar-refractivity contribution in [2.45, 2.75) is 23.8 Å². The molecule has 114 valence electrons. The third-order valence-electron chi connectivity index (χ3n) is 4.78. The van der Waals surface area contributed by atoms with E-state index in [4.69, 9.17) is 0 Å². The normalized spacial score (nSPS) is 28.9. The number of nitrogens with zero attached hydrogens (tertiary/aromatic N) is 1. The Morgan fingerprint density at radius 1 is 1.10 bits per heavy atom. The predicted octanol–water partition coefficient (Wildman–Crippen LogP) is 0.783. The lowest BCUT2D eigenvalue weighted by Crippen LogP contribution is -2.30. The molecule has 2 aliphatic heterocycles. The summed E-state index contributed by atoms with van der Waals surface area (Å²) in [5.41, 5.74) is 0.861. The lowest BCUT2D eigenvalue weighted by molar-refractivity contribution is 0.533. The van der Waals surface area contributed by atoms with Crippen molar-refractivity contribution in [2.24, 2.45) is 11.8 Å². The Hall–Kier alpha value is -1.11. The summed E-state index contributed by atoms with van der Waals surface area (Å²) in [5.74, 6) is 1.30. The summed E-state index contributed by atoms with van der Waals surface area (Å²) in [6, 6.07) is 7.55. The molecule has 1 aliphatic carbocycles. The summed E-state index contributed by atoms with van der Waals surface area (Å²) >= 11 is 0. The molecule has 0 amide bonds. The number of nitrogens with one attached hydrogen (secondary N) is 2. The molecule has 3 fully saturated rings. The van der Waals surface area contributed by atoms with Crippen LogP contribution in [-0.4, -0.2) is 40.6 Å². The van der Waals surface area contributed by atoms with Crippen LogP contribution in [0, 0.1) is 11.8 Å². The Labute approximate surface area is 125 Å². The van der Waals surface area contributed by atoms with E-state index in [1.807, 2.05) is 18.2 Å². The molecular weight excluding hydrogens is 286 g/mol. The molecule has 2 saturated heterocycles. The maximum atomic E-state index is 12.6. The first-order valence-electron chi connectivity index (χ1n) is 7.70. The molecule has 0 radical (unpaired) electrons. The van der Waals surface area contributed by atoms with Crippen LogP contribution in [0.5, 0.6) is 0 Å². The first-order chi connectivity index (χ1) is 10.1. The van der Waals surface area contributed by atoms with Crippen molar-refractivity contribution >= 4 is 15.7 Å². The fourth-order valence-electron chi connectivity index (χ4n) is 3.48. The number of hydrogen-bond donors (Lipinski definition) is 2. The zero-order chi connectivity index (χ0) is 14.4. The van der Waals surface area contributed by atoms with Crippen molar-refractivity contribution in [3.63, 3.8) is 0 Å². The van der Waals surface area contributed by atoms with Gasteiger partial charge in [-0.1, -0.05) is 12.1 Å². The van der Waals surface area contributed by atoms with Gasteiger partial charge in [-0.15, -0.1) is 0 Å². The van der Waals surface area contributed by atoms with Crippen molar-refractivity contribution in [2.75, 3.05) is 31.1 Å². The lowest BCUT2D eigenvalue weighted by Gasteiger charge is -2.23. The summed E-state index contributed by atoms with van der Waals surface area (Å²) in [4.78, 5) is 2.68. The third-order valence-corrected chi connectivity index (χ3v) is 6.35. The number of benzene rings is 1. The van der Waals surface area contributed by atoms with Crippen LogP contribution in [0.15, 0.2) is 29.2 Å². The van der Waals surface area contributed by atoms with Gasteiger partial charge in [0.2, 0.25) is 10.0 Å². The average Bonchev–Trinajstić information content (AvgIpc) is 3.00. The van der Waals surface area contributed by atoms with Crippen LogP contribution in [0.2, 0.25) is 0 Å². The molecule has 6 heteroatoms. The average molecular weight is 307 g/mol. The van der Waals surface area contributed by atoms with Crippen molar-refractivity contribution < 1.29 is 8.42 Å². The van der Waals surface area contributed by atoms with Crippen molar-refractivity contribution in [3.8, 4) is 0 Å². The summed E-state index contributed by atoms with van der Waals surface area (Å²) in [6.07, 6.45) is 1.92. The Balaban J connectivity index is 1.63. The number of rotatable bonds is 4. The number of anilines is 1. The van der Waals surface area contributed by atoms with Gasteiger partial charge in [0, 0.05) is 32.2 Å². The van der Waals surface area contributed by atoms with Gasteiger partial charge >= 0.3 is 0 Å². The van der Waals surface area contributed by atoms with Gasteiger partial charge < -0.3 is 10.2 Å². The largest absolute Gasteiger partial charge is 0.370 e. The molecule has 5 nitrogen and oxygen atoms in total. The molecule has 4 rings (SSSR count). The second kappa shape index (κ2) is 4.97. The Morgan fingerprint density at radius 3 is 2.43 bits per heavy atom. The Kier molecular flexibility index (Phi) is 3.20. The minimum atomic E-state index is -3.40. The minimum Gasteiger partial charge on any atom is -0.370 e. The van der Waals surface area contributed by atoms with E-state index in [0.29, 0.717) is 16.7 Å². The molecule has 2 atom stereocenters. The van der Waals surface area contributed by atoms with Crippen LogP contribution in [0.1, 0.15) is 12.8 Å². The smallest absolute Gasteiger partial charge is 0.242 e. The van der Waals surface area contributed by atoms with Gasteiger partial charge in [-0.05, 0) is 36.8 Å². The highest BCUT2D eigenvalue weighted by atomic mass is 32.2. The van der Waals surface area contributed by atoms with E-state index in [1.165, 1.54) is 0 Å². The lowest BCUT2D eigenvalue weighted by atomic mass is 10.0. The van der Waals surface area contributed by atoms with E-state index in [1.54, 1.807) is 6.07 Å². The molecule has 3 aliphatic rings. The van der Waals surface area contributed by atoms with Crippen LogP contribution in [0.3, 0.4) is 0 Å². The van der Waals surface area contributed by atoms with Gasteiger partial charge in [0.15, 0.2) is 0 Å². The zero-order valence-corrected chi connectivity index (χ0v) is 12.8. The summed E-state index contributed by atoms with van der Waals surface area (Å²) in [5, 5.41) is 3.42. The van der Waals surface area contributed by atoms with E-state index < -0.39 is 10.0 Å². The minimum absolute atomic E-state index is 0.144. The molecule has 0 spiro atoms. The molecule has 1 saturated carbocycles. The van der Waals surface area contributed by atoms with Gasteiger partial charge in [0.25, 0.3) is 0 Å². The number of sulfonamides is 1. The SMILES string of the molecule is O=S(=O)(NC1CC1)c1ccccc1N1C[C@H]2CNC[C@H]2C1. The van der Waals surface area contributed by atoms with Gasteiger partial charge in [-0.2, -0.15) is 0 Å². The molecule has 0 aromatic heterocycles. The zero-order valence-electron chi connectivity index (χ0n) is 12.0. The molecule has 2 N–H and O–H groups in total. The molecule has 21 heavy (non-hydrogen) atoms. The van der Waals surface area contributed by atoms with Gasteiger partial charge in [-0.3, -0.25) is 0 Å². The number of hydrogen-bond acceptors (Lipinski definition) is 4. The van der Waals surface area contributed by atoms with E-state index >= 15 is 0 Å². The highest BCUT2D eigenvalue weighted by Gasteiger charge is 2.38. The van der Waals surface area contributed by atoms with Crippen LogP contribution in [0.4, 0.5) is 5.69 Å². The quantitative estimate of drug-likeness (QED) is 0.863. The summed E-state index contributed by atoms with van der Waals surface area (Å²) in [7, 11) is -3.40. The number of para-hydroxylation sites is 1. The van der Waals surface area contributed by atoms with Crippen LogP contribution >= 0.6 is 0 Å². The first kappa shape index (κ1) is 13.5. The first-order valence-corrected chi connectivity index (χ1v) is 9.19. The number of fused-ring (bicyclic) bond motifs is 1. The molecule has 2 heterocycles. The molecule has 1 aromatic carbocycles. The van der Waals surface area contributed by atoms with Gasteiger partial charge in [0.1, 0.15) is 4.90 Å². The summed E-state index contributed by atoms with van der Waals surface area (Å²) in [6.45, 7) is 4.01. The van der Waals surface area contributed by atoms with Crippen LogP contribution < -0.4 is 14.9 Å². The second-order valence-corrected chi connectivity index (χ2v) is 8.13. The highest BCUT2D eigenvalue weighted by Crippen LogP contribution is 2.34. The maximum Gasteiger partial charge on any atom is 0.242 e. The molecule has 1 aromatic rings. The predicted molar refractivity (Wildman–Crippen MR) is 81.8 cm³/mol. The summed E-state index contributed by atoms with van der Waals surface area (Å²) < 4.78 is 27.9. The van der Waals surface area contributed by atoms with Gasteiger partial charge in [0.05, 0.1) is 5.69 Å². The Morgan fingerprint density at radius 2 is 1.76 bits per heavy atom. The molecular formula is C15H21N3O2S. The highest BCUT2D eigenvalue weighted by molar-refractivity contribution is 7.89. The van der Waals surface area contributed by atoms with Crippen LogP contribution in [-0.2, 0) is 10.0 Å². The van der Waals surface area contributed by atoms with Gasteiger partial charge in [-0.25, -0.2) is 13.1 Å².